The number of amidine groups is 1. The van der Waals surface area contributed by atoms with Crippen LogP contribution in [0.3, 0.4) is 0 Å². The Morgan fingerprint density at radius 1 is 1.62 bits per heavy atom. The first-order valence-corrected chi connectivity index (χ1v) is 4.32. The number of nitro groups is 1. The van der Waals surface area contributed by atoms with Gasteiger partial charge in [0.2, 0.25) is 5.75 Å². The summed E-state index contributed by atoms with van der Waals surface area (Å²) in [5, 5.41) is 17.6. The highest BCUT2D eigenvalue weighted by Gasteiger charge is 2.16. The van der Waals surface area contributed by atoms with Crippen LogP contribution in [-0.2, 0) is 0 Å². The molecule has 86 valence electrons. The molecule has 0 saturated heterocycles. The third-order valence-corrected chi connectivity index (χ3v) is 1.75. The Morgan fingerprint density at radius 3 is 2.81 bits per heavy atom. The predicted octanol–water partition coefficient (Wildman–Crippen LogP) is 0.918. The van der Waals surface area contributed by atoms with E-state index >= 15 is 0 Å². The van der Waals surface area contributed by atoms with Gasteiger partial charge in [-0.05, 0) is 6.07 Å². The fourth-order valence-electron chi connectivity index (χ4n) is 1.04. The molecule has 0 spiro atoms. The van der Waals surface area contributed by atoms with Gasteiger partial charge in [0.15, 0.2) is 0 Å². The molecular formula is C9H11N3O4. The molecule has 0 fully saturated rings. The van der Waals surface area contributed by atoms with Crippen molar-refractivity contribution in [3.63, 3.8) is 0 Å². The average Bonchev–Trinajstić information content (AvgIpc) is 2.25. The molecule has 0 radical (unpaired) electrons. The summed E-state index contributed by atoms with van der Waals surface area (Å²) < 4.78 is 9.94. The Kier molecular flexibility index (Phi) is 3.65. The minimum atomic E-state index is -0.574. The zero-order valence-electron chi connectivity index (χ0n) is 8.60. The Morgan fingerprint density at radius 2 is 2.31 bits per heavy atom. The van der Waals surface area contributed by atoms with E-state index in [9.17, 15) is 10.1 Å². The van der Waals surface area contributed by atoms with Gasteiger partial charge in [-0.2, -0.15) is 0 Å². The van der Waals surface area contributed by atoms with Gasteiger partial charge in [0.1, 0.15) is 18.2 Å². The van der Waals surface area contributed by atoms with E-state index in [0.29, 0.717) is 5.75 Å². The van der Waals surface area contributed by atoms with Crippen LogP contribution in [0, 0.1) is 15.5 Å². The van der Waals surface area contributed by atoms with Crippen LogP contribution in [0.15, 0.2) is 18.2 Å². The van der Waals surface area contributed by atoms with Crippen molar-refractivity contribution in [2.24, 2.45) is 5.73 Å². The summed E-state index contributed by atoms with van der Waals surface area (Å²) in [4.78, 5) is 10.1. The standard InChI is InChI=1S/C9H11N3O4/c1-15-6-2-3-7(12(13)14)8(4-6)16-5-9(10)11/h2-4H,5H2,1H3,(H3,10,11). The van der Waals surface area contributed by atoms with Crippen LogP contribution in [0.4, 0.5) is 5.69 Å². The second-order valence-corrected chi connectivity index (χ2v) is 2.90. The summed E-state index contributed by atoms with van der Waals surface area (Å²) in [6.07, 6.45) is 0. The van der Waals surface area contributed by atoms with E-state index in [2.05, 4.69) is 0 Å². The zero-order valence-corrected chi connectivity index (χ0v) is 8.60. The fourth-order valence-corrected chi connectivity index (χ4v) is 1.04. The lowest BCUT2D eigenvalue weighted by Crippen LogP contribution is -2.19. The number of benzene rings is 1. The van der Waals surface area contributed by atoms with Crippen molar-refractivity contribution in [2.75, 3.05) is 13.7 Å². The predicted molar refractivity (Wildman–Crippen MR) is 57.1 cm³/mol. The monoisotopic (exact) mass is 225 g/mol. The van der Waals surface area contributed by atoms with E-state index in [4.69, 9.17) is 20.6 Å². The number of rotatable bonds is 5. The second kappa shape index (κ2) is 4.96. The van der Waals surface area contributed by atoms with Crippen molar-refractivity contribution >= 4 is 11.5 Å². The first kappa shape index (κ1) is 11.8. The lowest BCUT2D eigenvalue weighted by molar-refractivity contribution is -0.385. The second-order valence-electron chi connectivity index (χ2n) is 2.90. The molecule has 7 nitrogen and oxygen atoms in total. The topological polar surface area (TPSA) is 111 Å². The van der Waals surface area contributed by atoms with Crippen LogP contribution in [0.5, 0.6) is 11.5 Å². The molecule has 0 heterocycles. The highest BCUT2D eigenvalue weighted by molar-refractivity contribution is 5.78. The summed E-state index contributed by atoms with van der Waals surface area (Å²) in [6.45, 7) is -0.200. The van der Waals surface area contributed by atoms with Crippen LogP contribution in [-0.4, -0.2) is 24.5 Å². The Labute approximate surface area is 91.4 Å². The van der Waals surface area contributed by atoms with Crippen LogP contribution in [0.2, 0.25) is 0 Å². The van der Waals surface area contributed by atoms with Gasteiger partial charge in [-0.3, -0.25) is 15.5 Å². The molecule has 16 heavy (non-hydrogen) atoms. The number of ether oxygens (including phenoxy) is 2. The number of nitro benzene ring substituents is 1. The molecule has 0 saturated carbocycles. The summed E-state index contributed by atoms with van der Waals surface area (Å²) in [7, 11) is 1.44. The Balaban J connectivity index is 3.00. The number of nitrogens with two attached hydrogens (primary N) is 1. The van der Waals surface area contributed by atoms with Crippen molar-refractivity contribution in [3.05, 3.63) is 28.3 Å². The third kappa shape index (κ3) is 2.84. The summed E-state index contributed by atoms with van der Waals surface area (Å²) in [6, 6.07) is 4.11. The Hall–Kier alpha value is -2.31. The molecule has 0 unspecified atom stereocenters. The summed E-state index contributed by atoms with van der Waals surface area (Å²) >= 11 is 0. The number of methoxy groups -OCH3 is 1. The van der Waals surface area contributed by atoms with Crippen LogP contribution in [0.1, 0.15) is 0 Å². The molecule has 0 aromatic heterocycles. The van der Waals surface area contributed by atoms with E-state index in [1.54, 1.807) is 0 Å². The van der Waals surface area contributed by atoms with Gasteiger partial charge in [0.25, 0.3) is 0 Å². The first-order chi connectivity index (χ1) is 7.54. The molecular weight excluding hydrogens is 214 g/mol. The minimum absolute atomic E-state index is 0.0274. The van der Waals surface area contributed by atoms with E-state index < -0.39 is 4.92 Å². The van der Waals surface area contributed by atoms with Crippen molar-refractivity contribution in [1.29, 1.82) is 5.41 Å². The summed E-state index contributed by atoms with van der Waals surface area (Å²) in [5.74, 6) is 0.251. The van der Waals surface area contributed by atoms with Gasteiger partial charge < -0.3 is 15.2 Å². The maximum Gasteiger partial charge on any atom is 0.311 e. The number of nitrogens with zero attached hydrogens (tertiary/aromatic N) is 1. The van der Waals surface area contributed by atoms with Gasteiger partial charge in [0.05, 0.1) is 12.0 Å². The quantitative estimate of drug-likeness (QED) is 0.335. The van der Waals surface area contributed by atoms with Crippen LogP contribution in [0.25, 0.3) is 0 Å². The molecule has 1 aromatic rings. The SMILES string of the molecule is COc1ccc([N+](=O)[O-])c(OCC(=N)N)c1. The van der Waals surface area contributed by atoms with Gasteiger partial charge >= 0.3 is 5.69 Å². The molecule has 0 aliphatic carbocycles. The lowest BCUT2D eigenvalue weighted by atomic mass is 10.3. The molecule has 0 bridgehead atoms. The van der Waals surface area contributed by atoms with Gasteiger partial charge in [-0.15, -0.1) is 0 Å². The maximum atomic E-state index is 10.7. The molecule has 0 atom stereocenters. The zero-order chi connectivity index (χ0) is 12.1. The molecule has 0 amide bonds. The number of nitrogens with one attached hydrogen (secondary N) is 1. The molecule has 1 rings (SSSR count). The van der Waals surface area contributed by atoms with Gasteiger partial charge in [-0.25, -0.2) is 0 Å². The van der Waals surface area contributed by atoms with Crippen molar-refractivity contribution < 1.29 is 14.4 Å². The van der Waals surface area contributed by atoms with E-state index in [1.807, 2.05) is 0 Å². The minimum Gasteiger partial charge on any atom is -0.497 e. The van der Waals surface area contributed by atoms with E-state index in [0.717, 1.165) is 0 Å². The highest BCUT2D eigenvalue weighted by Crippen LogP contribution is 2.30. The molecule has 1 aromatic carbocycles. The lowest BCUT2D eigenvalue weighted by Gasteiger charge is -2.07. The summed E-state index contributed by atoms with van der Waals surface area (Å²) in [5.41, 5.74) is 4.90. The smallest absolute Gasteiger partial charge is 0.311 e. The fraction of sp³-hybridized carbons (Fsp3) is 0.222. The van der Waals surface area contributed by atoms with Gasteiger partial charge in [-0.1, -0.05) is 0 Å². The van der Waals surface area contributed by atoms with Crippen molar-refractivity contribution in [3.8, 4) is 11.5 Å². The van der Waals surface area contributed by atoms with Crippen LogP contribution < -0.4 is 15.2 Å². The average molecular weight is 225 g/mol. The first-order valence-electron chi connectivity index (χ1n) is 4.32. The van der Waals surface area contributed by atoms with Crippen molar-refractivity contribution in [1.82, 2.24) is 0 Å². The normalized spacial score (nSPS) is 9.56. The maximum absolute atomic E-state index is 10.7. The largest absolute Gasteiger partial charge is 0.497 e. The van der Waals surface area contributed by atoms with E-state index in [-0.39, 0.29) is 23.9 Å². The van der Waals surface area contributed by atoms with Gasteiger partial charge in [0, 0.05) is 12.1 Å². The molecule has 0 aliphatic rings. The van der Waals surface area contributed by atoms with Crippen molar-refractivity contribution in [2.45, 2.75) is 0 Å². The molecule has 7 heteroatoms. The van der Waals surface area contributed by atoms with Crippen LogP contribution >= 0.6 is 0 Å². The highest BCUT2D eigenvalue weighted by atomic mass is 16.6. The molecule has 0 aliphatic heterocycles. The third-order valence-electron chi connectivity index (χ3n) is 1.75. The van der Waals surface area contributed by atoms with E-state index in [1.165, 1.54) is 25.3 Å². The number of hydrogen-bond donors (Lipinski definition) is 2. The Bertz CT molecular complexity index is 419. The molecule has 3 N–H and O–H groups in total. The number of hydrogen-bond acceptors (Lipinski definition) is 5.